The van der Waals surface area contributed by atoms with E-state index >= 15 is 0 Å². The number of ether oxygens (including phenoxy) is 1. The average Bonchev–Trinajstić information content (AvgIpc) is 2.47. The summed E-state index contributed by atoms with van der Waals surface area (Å²) in [6, 6.07) is 0. The number of carbonyl (C=O) groups excluding carboxylic acids is 1. The Morgan fingerprint density at radius 2 is 1.89 bits per heavy atom. The lowest BCUT2D eigenvalue weighted by molar-refractivity contribution is -0.136. The molecule has 2 rings (SSSR count). The van der Waals surface area contributed by atoms with Gasteiger partial charge in [0.15, 0.2) is 0 Å². The summed E-state index contributed by atoms with van der Waals surface area (Å²) in [7, 11) is 2.03. The van der Waals surface area contributed by atoms with Crippen LogP contribution in [0.2, 0.25) is 0 Å². The SMILES string of the molecule is CN(CCN1CCNCC1)CC(=O)N1CCOCC1. The average molecular weight is 270 g/mol. The highest BCUT2D eigenvalue weighted by Gasteiger charge is 2.18. The summed E-state index contributed by atoms with van der Waals surface area (Å²) < 4.78 is 5.26. The van der Waals surface area contributed by atoms with Crippen LogP contribution in [0.3, 0.4) is 0 Å². The van der Waals surface area contributed by atoms with Crippen molar-refractivity contribution in [3.8, 4) is 0 Å². The van der Waals surface area contributed by atoms with E-state index in [9.17, 15) is 4.79 Å². The zero-order valence-electron chi connectivity index (χ0n) is 11.9. The molecule has 19 heavy (non-hydrogen) atoms. The van der Waals surface area contributed by atoms with Crippen molar-refractivity contribution in [3.63, 3.8) is 0 Å². The molecule has 0 atom stereocenters. The molecule has 0 aromatic rings. The molecule has 2 fully saturated rings. The molecule has 0 aromatic heterocycles. The summed E-state index contributed by atoms with van der Waals surface area (Å²) in [4.78, 5) is 18.5. The second-order valence-corrected chi connectivity index (χ2v) is 5.32. The Morgan fingerprint density at radius 3 is 2.58 bits per heavy atom. The Hall–Kier alpha value is -0.690. The van der Waals surface area contributed by atoms with Gasteiger partial charge in [-0.3, -0.25) is 14.6 Å². The first-order valence-corrected chi connectivity index (χ1v) is 7.23. The maximum absolute atomic E-state index is 12.1. The van der Waals surface area contributed by atoms with Crippen LogP contribution in [0.1, 0.15) is 0 Å². The highest BCUT2D eigenvalue weighted by atomic mass is 16.5. The van der Waals surface area contributed by atoms with Gasteiger partial charge in [-0.1, -0.05) is 0 Å². The number of likely N-dealkylation sites (N-methyl/N-ethyl adjacent to an activating group) is 1. The standard InChI is InChI=1S/C13H26N4O2/c1-15(6-7-16-4-2-14-3-5-16)12-13(18)17-8-10-19-11-9-17/h14H,2-12H2,1H3. The van der Waals surface area contributed by atoms with Crippen LogP contribution in [-0.2, 0) is 9.53 Å². The third-order valence-corrected chi connectivity index (χ3v) is 3.78. The Morgan fingerprint density at radius 1 is 1.21 bits per heavy atom. The molecule has 2 aliphatic rings. The summed E-state index contributed by atoms with van der Waals surface area (Å²) in [5.41, 5.74) is 0. The van der Waals surface area contributed by atoms with Gasteiger partial charge in [0.1, 0.15) is 0 Å². The van der Waals surface area contributed by atoms with Gasteiger partial charge in [0.05, 0.1) is 19.8 Å². The van der Waals surface area contributed by atoms with Gasteiger partial charge in [-0.25, -0.2) is 0 Å². The maximum Gasteiger partial charge on any atom is 0.236 e. The van der Waals surface area contributed by atoms with Crippen LogP contribution in [0.4, 0.5) is 0 Å². The predicted octanol–water partition coefficient (Wildman–Crippen LogP) is -1.32. The lowest BCUT2D eigenvalue weighted by atomic mass is 10.3. The first-order valence-electron chi connectivity index (χ1n) is 7.23. The van der Waals surface area contributed by atoms with E-state index in [1.54, 1.807) is 0 Å². The smallest absolute Gasteiger partial charge is 0.236 e. The van der Waals surface area contributed by atoms with Gasteiger partial charge in [0, 0.05) is 52.4 Å². The lowest BCUT2D eigenvalue weighted by Crippen LogP contribution is -2.48. The maximum atomic E-state index is 12.1. The topological polar surface area (TPSA) is 48.0 Å². The van der Waals surface area contributed by atoms with Gasteiger partial charge >= 0.3 is 0 Å². The van der Waals surface area contributed by atoms with Gasteiger partial charge in [-0.2, -0.15) is 0 Å². The number of nitrogens with zero attached hydrogens (tertiary/aromatic N) is 3. The second-order valence-electron chi connectivity index (χ2n) is 5.32. The molecule has 2 saturated heterocycles. The van der Waals surface area contributed by atoms with Crippen molar-refractivity contribution in [2.75, 3.05) is 79.2 Å². The summed E-state index contributed by atoms with van der Waals surface area (Å²) in [5, 5.41) is 3.35. The number of amides is 1. The van der Waals surface area contributed by atoms with E-state index in [1.807, 2.05) is 11.9 Å². The second kappa shape index (κ2) is 7.79. The molecule has 1 amide bonds. The van der Waals surface area contributed by atoms with E-state index in [2.05, 4.69) is 15.1 Å². The van der Waals surface area contributed by atoms with Crippen LogP contribution in [-0.4, -0.2) is 99.8 Å². The van der Waals surface area contributed by atoms with Crippen molar-refractivity contribution in [1.29, 1.82) is 0 Å². The van der Waals surface area contributed by atoms with Crippen LogP contribution in [0.25, 0.3) is 0 Å². The number of morpholine rings is 1. The van der Waals surface area contributed by atoms with E-state index in [0.29, 0.717) is 19.8 Å². The summed E-state index contributed by atoms with van der Waals surface area (Å²) in [6.45, 7) is 9.75. The third kappa shape index (κ3) is 5.06. The highest BCUT2D eigenvalue weighted by molar-refractivity contribution is 5.78. The molecular weight excluding hydrogens is 244 g/mol. The van der Waals surface area contributed by atoms with Gasteiger partial charge in [0.25, 0.3) is 0 Å². The van der Waals surface area contributed by atoms with Crippen molar-refractivity contribution in [1.82, 2.24) is 20.0 Å². The molecule has 1 N–H and O–H groups in total. The third-order valence-electron chi connectivity index (χ3n) is 3.78. The Bertz CT molecular complexity index is 276. The molecule has 0 aliphatic carbocycles. The molecule has 0 unspecified atom stereocenters. The molecule has 110 valence electrons. The van der Waals surface area contributed by atoms with Crippen molar-refractivity contribution in [2.24, 2.45) is 0 Å². The Balaban J connectivity index is 1.62. The Kier molecular flexibility index (Phi) is 6.03. The summed E-state index contributed by atoms with van der Waals surface area (Å²) in [5.74, 6) is 0.228. The summed E-state index contributed by atoms with van der Waals surface area (Å²) >= 11 is 0. The quantitative estimate of drug-likeness (QED) is 0.672. The van der Waals surface area contributed by atoms with Crippen LogP contribution in [0, 0.1) is 0 Å². The van der Waals surface area contributed by atoms with Crippen molar-refractivity contribution in [2.45, 2.75) is 0 Å². The number of rotatable bonds is 5. The molecule has 6 nitrogen and oxygen atoms in total. The number of piperazine rings is 1. The van der Waals surface area contributed by atoms with Gasteiger partial charge in [-0.15, -0.1) is 0 Å². The van der Waals surface area contributed by atoms with E-state index in [0.717, 1.165) is 52.4 Å². The Labute approximate surface area is 115 Å². The first kappa shape index (κ1) is 14.7. The van der Waals surface area contributed by atoms with Crippen molar-refractivity contribution in [3.05, 3.63) is 0 Å². The zero-order chi connectivity index (χ0) is 13.5. The van der Waals surface area contributed by atoms with Crippen LogP contribution in [0.15, 0.2) is 0 Å². The largest absolute Gasteiger partial charge is 0.378 e. The number of hydrogen-bond donors (Lipinski definition) is 1. The number of hydrogen-bond acceptors (Lipinski definition) is 5. The minimum absolute atomic E-state index is 0.228. The van der Waals surface area contributed by atoms with E-state index in [4.69, 9.17) is 4.74 Å². The molecule has 0 spiro atoms. The molecule has 6 heteroatoms. The van der Waals surface area contributed by atoms with E-state index < -0.39 is 0 Å². The predicted molar refractivity (Wildman–Crippen MR) is 74.2 cm³/mol. The van der Waals surface area contributed by atoms with Crippen LogP contribution >= 0.6 is 0 Å². The first-order chi connectivity index (χ1) is 9.25. The van der Waals surface area contributed by atoms with Gasteiger partial charge in [-0.05, 0) is 7.05 Å². The van der Waals surface area contributed by atoms with Crippen molar-refractivity contribution < 1.29 is 9.53 Å². The van der Waals surface area contributed by atoms with Crippen LogP contribution in [0.5, 0.6) is 0 Å². The molecule has 2 heterocycles. The number of nitrogens with one attached hydrogen (secondary N) is 1. The number of carbonyl (C=O) groups is 1. The molecule has 0 bridgehead atoms. The molecule has 0 radical (unpaired) electrons. The van der Waals surface area contributed by atoms with E-state index in [1.165, 1.54) is 0 Å². The van der Waals surface area contributed by atoms with Crippen molar-refractivity contribution >= 4 is 5.91 Å². The molecule has 0 aromatic carbocycles. The van der Waals surface area contributed by atoms with Gasteiger partial charge in [0.2, 0.25) is 5.91 Å². The lowest BCUT2D eigenvalue weighted by Gasteiger charge is -2.31. The minimum Gasteiger partial charge on any atom is -0.378 e. The fraction of sp³-hybridized carbons (Fsp3) is 0.923. The normalized spacial score (nSPS) is 21.9. The fourth-order valence-electron chi connectivity index (χ4n) is 2.47. The minimum atomic E-state index is 0.228. The van der Waals surface area contributed by atoms with Gasteiger partial charge < -0.3 is 15.0 Å². The molecular formula is C13H26N4O2. The highest BCUT2D eigenvalue weighted by Crippen LogP contribution is 1.99. The zero-order valence-corrected chi connectivity index (χ0v) is 11.9. The fourth-order valence-corrected chi connectivity index (χ4v) is 2.47. The van der Waals surface area contributed by atoms with Crippen LogP contribution < -0.4 is 5.32 Å². The van der Waals surface area contributed by atoms with E-state index in [-0.39, 0.29) is 5.91 Å². The summed E-state index contributed by atoms with van der Waals surface area (Å²) in [6.07, 6.45) is 0. The molecule has 0 saturated carbocycles. The monoisotopic (exact) mass is 270 g/mol. The molecule has 2 aliphatic heterocycles.